The molecule has 1 saturated carbocycles. The molecule has 0 N–H and O–H groups in total. The van der Waals surface area contributed by atoms with Gasteiger partial charge >= 0.3 is 5.97 Å². The van der Waals surface area contributed by atoms with E-state index in [2.05, 4.69) is 15.9 Å². The van der Waals surface area contributed by atoms with E-state index >= 15 is 0 Å². The summed E-state index contributed by atoms with van der Waals surface area (Å²) in [6.45, 7) is 0. The van der Waals surface area contributed by atoms with Crippen molar-refractivity contribution in [2.45, 2.75) is 18.8 Å². The summed E-state index contributed by atoms with van der Waals surface area (Å²) in [4.78, 5) is 11.7. The highest BCUT2D eigenvalue weighted by molar-refractivity contribution is 9.10. The van der Waals surface area contributed by atoms with Gasteiger partial charge in [0.05, 0.1) is 18.1 Å². The van der Waals surface area contributed by atoms with Crippen LogP contribution in [0.4, 0.5) is 0 Å². The standard InChI is InChI=1S/C12H12BrClO2/c1-16-12(15)11(7-2-3-7)8-4-5-9(13)10(14)6-8/h4-7,11H,2-3H2,1H3. The molecule has 1 fully saturated rings. The molecule has 2 nitrogen and oxygen atoms in total. The van der Waals surface area contributed by atoms with Crippen LogP contribution in [0.2, 0.25) is 5.02 Å². The topological polar surface area (TPSA) is 26.3 Å². The maximum absolute atomic E-state index is 11.7. The minimum atomic E-state index is -0.166. The smallest absolute Gasteiger partial charge is 0.313 e. The Kier molecular flexibility index (Phi) is 3.55. The Hall–Kier alpha value is -0.540. The average molecular weight is 304 g/mol. The van der Waals surface area contributed by atoms with Gasteiger partial charge in [-0.2, -0.15) is 0 Å². The predicted molar refractivity (Wildman–Crippen MR) is 66.6 cm³/mol. The summed E-state index contributed by atoms with van der Waals surface area (Å²) in [5.74, 6) is 0.0983. The van der Waals surface area contributed by atoms with E-state index in [1.54, 1.807) is 0 Å². The summed E-state index contributed by atoms with van der Waals surface area (Å²) in [5.41, 5.74) is 0.947. The third-order valence-corrected chi connectivity index (χ3v) is 4.08. The molecule has 0 heterocycles. The van der Waals surface area contributed by atoms with Crippen LogP contribution >= 0.6 is 27.5 Å². The van der Waals surface area contributed by atoms with E-state index < -0.39 is 0 Å². The van der Waals surface area contributed by atoms with Gasteiger partial charge in [0, 0.05) is 4.47 Å². The van der Waals surface area contributed by atoms with Gasteiger partial charge in [-0.15, -0.1) is 0 Å². The fourth-order valence-electron chi connectivity index (χ4n) is 1.86. The zero-order chi connectivity index (χ0) is 11.7. The summed E-state index contributed by atoms with van der Waals surface area (Å²) in [6.07, 6.45) is 2.18. The van der Waals surface area contributed by atoms with Crippen molar-refractivity contribution in [2.75, 3.05) is 7.11 Å². The Balaban J connectivity index is 2.31. The number of benzene rings is 1. The number of hydrogen-bond donors (Lipinski definition) is 0. The van der Waals surface area contributed by atoms with E-state index in [9.17, 15) is 4.79 Å². The van der Waals surface area contributed by atoms with Crippen LogP contribution in [-0.4, -0.2) is 13.1 Å². The zero-order valence-corrected chi connectivity index (χ0v) is 11.2. The van der Waals surface area contributed by atoms with E-state index in [0.717, 1.165) is 22.9 Å². The molecule has 4 heteroatoms. The van der Waals surface area contributed by atoms with Crippen molar-refractivity contribution in [1.82, 2.24) is 0 Å². The number of carbonyl (C=O) groups excluding carboxylic acids is 1. The van der Waals surface area contributed by atoms with Crippen LogP contribution in [0.5, 0.6) is 0 Å². The van der Waals surface area contributed by atoms with Crippen LogP contribution < -0.4 is 0 Å². The van der Waals surface area contributed by atoms with E-state index in [1.807, 2.05) is 18.2 Å². The zero-order valence-electron chi connectivity index (χ0n) is 8.87. The Morgan fingerprint density at radius 3 is 2.75 bits per heavy atom. The van der Waals surface area contributed by atoms with Crippen molar-refractivity contribution < 1.29 is 9.53 Å². The first-order valence-electron chi connectivity index (χ1n) is 5.16. The third kappa shape index (κ3) is 2.41. The van der Waals surface area contributed by atoms with Crippen LogP contribution in [0.1, 0.15) is 24.3 Å². The molecular formula is C12H12BrClO2. The average Bonchev–Trinajstić information content (AvgIpc) is 3.07. The minimum absolute atomic E-state index is 0.157. The second-order valence-corrected chi connectivity index (χ2v) is 5.27. The van der Waals surface area contributed by atoms with Crippen molar-refractivity contribution in [3.8, 4) is 0 Å². The number of carbonyl (C=O) groups is 1. The number of methoxy groups -OCH3 is 1. The summed E-state index contributed by atoms with van der Waals surface area (Å²) in [6, 6.07) is 5.64. The molecule has 1 aromatic carbocycles. The molecule has 0 radical (unpaired) electrons. The highest BCUT2D eigenvalue weighted by atomic mass is 79.9. The lowest BCUT2D eigenvalue weighted by molar-refractivity contribution is -0.143. The Labute approximate surface area is 108 Å². The first-order chi connectivity index (χ1) is 7.63. The Morgan fingerprint density at radius 1 is 1.56 bits per heavy atom. The fraction of sp³-hybridized carbons (Fsp3) is 0.417. The molecule has 1 atom stereocenters. The van der Waals surface area contributed by atoms with Crippen molar-refractivity contribution in [3.63, 3.8) is 0 Å². The lowest BCUT2D eigenvalue weighted by Gasteiger charge is -2.14. The molecule has 1 aliphatic carbocycles. The molecule has 0 aliphatic heterocycles. The van der Waals surface area contributed by atoms with Gasteiger partial charge in [0.2, 0.25) is 0 Å². The number of ether oxygens (including phenoxy) is 1. The van der Waals surface area contributed by atoms with Gasteiger partial charge in [-0.25, -0.2) is 0 Å². The van der Waals surface area contributed by atoms with Gasteiger partial charge in [-0.1, -0.05) is 17.7 Å². The second kappa shape index (κ2) is 4.76. The van der Waals surface area contributed by atoms with Crippen LogP contribution in [0.3, 0.4) is 0 Å². The molecule has 86 valence electrons. The van der Waals surface area contributed by atoms with E-state index in [1.165, 1.54) is 7.11 Å². The number of halogens is 2. The van der Waals surface area contributed by atoms with Gasteiger partial charge < -0.3 is 4.74 Å². The SMILES string of the molecule is COC(=O)C(c1ccc(Br)c(Cl)c1)C1CC1. The van der Waals surface area contributed by atoms with Crippen molar-refractivity contribution in [1.29, 1.82) is 0 Å². The third-order valence-electron chi connectivity index (χ3n) is 2.85. The Bertz CT molecular complexity index is 415. The van der Waals surface area contributed by atoms with Crippen LogP contribution in [0, 0.1) is 5.92 Å². The predicted octanol–water partition coefficient (Wildman–Crippen LogP) is 3.77. The van der Waals surface area contributed by atoms with Gasteiger partial charge in [-0.05, 0) is 52.4 Å². The minimum Gasteiger partial charge on any atom is -0.469 e. The lowest BCUT2D eigenvalue weighted by atomic mass is 9.94. The number of esters is 1. The molecule has 0 bridgehead atoms. The highest BCUT2D eigenvalue weighted by Crippen LogP contribution is 2.44. The molecular weight excluding hydrogens is 291 g/mol. The van der Waals surface area contributed by atoms with Crippen LogP contribution in [0.15, 0.2) is 22.7 Å². The maximum Gasteiger partial charge on any atom is 0.313 e. The summed E-state index contributed by atoms with van der Waals surface area (Å²) >= 11 is 9.37. The van der Waals surface area contributed by atoms with E-state index in [4.69, 9.17) is 16.3 Å². The van der Waals surface area contributed by atoms with Gasteiger partial charge in [0.1, 0.15) is 0 Å². The molecule has 0 saturated heterocycles. The van der Waals surface area contributed by atoms with Crippen LogP contribution in [0.25, 0.3) is 0 Å². The summed E-state index contributed by atoms with van der Waals surface area (Å²) in [7, 11) is 1.43. The van der Waals surface area contributed by atoms with Crippen molar-refractivity contribution in [2.24, 2.45) is 5.92 Å². The van der Waals surface area contributed by atoms with Gasteiger partial charge in [0.15, 0.2) is 0 Å². The molecule has 2 rings (SSSR count). The first-order valence-corrected chi connectivity index (χ1v) is 6.33. The molecule has 0 aromatic heterocycles. The maximum atomic E-state index is 11.7. The van der Waals surface area contributed by atoms with Gasteiger partial charge in [0.25, 0.3) is 0 Å². The van der Waals surface area contributed by atoms with Crippen molar-refractivity contribution in [3.05, 3.63) is 33.3 Å². The van der Waals surface area contributed by atoms with Gasteiger partial charge in [-0.3, -0.25) is 4.79 Å². The first kappa shape index (κ1) is 11.9. The van der Waals surface area contributed by atoms with Crippen molar-refractivity contribution >= 4 is 33.5 Å². The molecule has 0 amide bonds. The highest BCUT2D eigenvalue weighted by Gasteiger charge is 2.38. The van der Waals surface area contributed by atoms with E-state index in [0.29, 0.717) is 10.9 Å². The number of rotatable bonds is 3. The summed E-state index contributed by atoms with van der Waals surface area (Å²) in [5, 5.41) is 0.632. The summed E-state index contributed by atoms with van der Waals surface area (Å²) < 4.78 is 5.69. The molecule has 1 aromatic rings. The number of hydrogen-bond acceptors (Lipinski definition) is 2. The molecule has 0 spiro atoms. The molecule has 1 unspecified atom stereocenters. The fourth-order valence-corrected chi connectivity index (χ4v) is 2.30. The normalized spacial score (nSPS) is 16.9. The lowest BCUT2D eigenvalue weighted by Crippen LogP contribution is -2.16. The molecule has 1 aliphatic rings. The van der Waals surface area contributed by atoms with Crippen LogP contribution in [-0.2, 0) is 9.53 Å². The quantitative estimate of drug-likeness (QED) is 0.795. The Morgan fingerprint density at radius 2 is 2.25 bits per heavy atom. The second-order valence-electron chi connectivity index (χ2n) is 4.01. The van der Waals surface area contributed by atoms with E-state index in [-0.39, 0.29) is 11.9 Å². The monoisotopic (exact) mass is 302 g/mol. The molecule has 16 heavy (non-hydrogen) atoms. The largest absolute Gasteiger partial charge is 0.469 e.